The Hall–Kier alpha value is -0.560. The molecule has 5 nitrogen and oxygen atoms in total. The predicted molar refractivity (Wildman–Crippen MR) is 48.4 cm³/mol. The smallest absolute Gasteiger partial charge is 0.123 e. The molecule has 6 heteroatoms. The van der Waals surface area contributed by atoms with Crippen LogP contribution in [0.15, 0.2) is 11.1 Å². The highest BCUT2D eigenvalue weighted by atomic mass is 32.2. The largest absolute Gasteiger partial charge is 0.394 e. The Labute approximate surface area is 79.8 Å². The normalized spacial score (nSPS) is 15.7. The summed E-state index contributed by atoms with van der Waals surface area (Å²) >= 11 is 1.43. The zero-order valence-electron chi connectivity index (χ0n) is 7.14. The van der Waals surface area contributed by atoms with Gasteiger partial charge in [-0.3, -0.25) is 5.10 Å². The minimum atomic E-state index is -1.17. The van der Waals surface area contributed by atoms with E-state index in [9.17, 15) is 5.11 Å². The Morgan fingerprint density at radius 2 is 2.31 bits per heavy atom. The second-order valence-electron chi connectivity index (χ2n) is 2.56. The van der Waals surface area contributed by atoms with Crippen molar-refractivity contribution in [2.24, 2.45) is 0 Å². The Balaban J connectivity index is 2.70. The fraction of sp³-hybridized carbons (Fsp3) is 0.571. The van der Waals surface area contributed by atoms with Crippen LogP contribution in [0, 0.1) is 0 Å². The first kappa shape index (κ1) is 10.5. The van der Waals surface area contributed by atoms with E-state index in [1.165, 1.54) is 11.8 Å². The third-order valence-corrected chi connectivity index (χ3v) is 2.28. The highest BCUT2D eigenvalue weighted by Crippen LogP contribution is 2.19. The number of aliphatic hydroxyl groups excluding tert-OH is 3. The van der Waals surface area contributed by atoms with Gasteiger partial charge < -0.3 is 15.3 Å². The highest BCUT2D eigenvalue weighted by molar-refractivity contribution is 7.98. The lowest BCUT2D eigenvalue weighted by Crippen LogP contribution is -2.22. The van der Waals surface area contributed by atoms with Crippen molar-refractivity contribution in [1.82, 2.24) is 10.2 Å². The van der Waals surface area contributed by atoms with Crippen molar-refractivity contribution in [2.45, 2.75) is 17.2 Å². The second kappa shape index (κ2) is 4.61. The van der Waals surface area contributed by atoms with Crippen molar-refractivity contribution >= 4 is 11.8 Å². The van der Waals surface area contributed by atoms with Gasteiger partial charge in [-0.25, -0.2) is 0 Å². The van der Waals surface area contributed by atoms with Crippen LogP contribution in [0.25, 0.3) is 0 Å². The van der Waals surface area contributed by atoms with Crippen LogP contribution in [0.2, 0.25) is 0 Å². The summed E-state index contributed by atoms with van der Waals surface area (Å²) in [5.74, 6) is 0. The maximum absolute atomic E-state index is 9.41. The molecule has 1 aromatic heterocycles. The quantitative estimate of drug-likeness (QED) is 0.497. The number of aromatic nitrogens is 2. The van der Waals surface area contributed by atoms with E-state index in [-0.39, 0.29) is 0 Å². The molecule has 0 amide bonds. The average Bonchev–Trinajstić information content (AvgIpc) is 2.63. The number of nitrogens with one attached hydrogen (secondary N) is 1. The second-order valence-corrected chi connectivity index (χ2v) is 3.39. The Morgan fingerprint density at radius 3 is 2.77 bits per heavy atom. The average molecular weight is 204 g/mol. The molecule has 0 aliphatic rings. The maximum Gasteiger partial charge on any atom is 0.123 e. The van der Waals surface area contributed by atoms with E-state index in [4.69, 9.17) is 10.2 Å². The SMILES string of the molecule is CSc1cc([C@H](O)[C@H](O)CO)[nH]n1. The molecular formula is C7H12N2O3S. The number of H-pyrrole nitrogens is 1. The van der Waals surface area contributed by atoms with Crippen LogP contribution in [0.4, 0.5) is 0 Å². The van der Waals surface area contributed by atoms with Crippen molar-refractivity contribution in [3.63, 3.8) is 0 Å². The monoisotopic (exact) mass is 204 g/mol. The standard InChI is InChI=1S/C7H12N2O3S/c1-13-6-2-4(8-9-6)7(12)5(11)3-10/h2,5,7,10-12H,3H2,1H3,(H,8,9)/t5-,7+/m1/s1. The van der Waals surface area contributed by atoms with E-state index in [0.717, 1.165) is 5.03 Å². The minimum Gasteiger partial charge on any atom is -0.394 e. The molecule has 13 heavy (non-hydrogen) atoms. The van der Waals surface area contributed by atoms with Gasteiger partial charge in [-0.1, -0.05) is 0 Å². The van der Waals surface area contributed by atoms with Crippen LogP contribution in [-0.2, 0) is 0 Å². The molecule has 1 rings (SSSR count). The van der Waals surface area contributed by atoms with Gasteiger partial charge in [-0.05, 0) is 12.3 Å². The van der Waals surface area contributed by atoms with E-state index in [1.54, 1.807) is 6.07 Å². The van der Waals surface area contributed by atoms with Gasteiger partial charge in [0.1, 0.15) is 17.2 Å². The zero-order valence-corrected chi connectivity index (χ0v) is 7.95. The fourth-order valence-electron chi connectivity index (χ4n) is 0.880. The van der Waals surface area contributed by atoms with Crippen LogP contribution in [0.3, 0.4) is 0 Å². The number of aromatic amines is 1. The van der Waals surface area contributed by atoms with Crippen LogP contribution in [0.5, 0.6) is 0 Å². The molecule has 0 unspecified atom stereocenters. The summed E-state index contributed by atoms with van der Waals surface area (Å²) in [5, 5.41) is 34.3. The highest BCUT2D eigenvalue weighted by Gasteiger charge is 2.19. The lowest BCUT2D eigenvalue weighted by Gasteiger charge is -2.12. The van der Waals surface area contributed by atoms with Gasteiger partial charge in [0.05, 0.1) is 12.3 Å². The number of thioether (sulfide) groups is 1. The first-order chi connectivity index (χ1) is 6.19. The number of hydrogen-bond donors (Lipinski definition) is 4. The third-order valence-electron chi connectivity index (χ3n) is 1.65. The lowest BCUT2D eigenvalue weighted by molar-refractivity contribution is -0.0173. The molecule has 0 saturated heterocycles. The number of nitrogens with zero attached hydrogens (tertiary/aromatic N) is 1. The summed E-state index contributed by atoms with van der Waals surface area (Å²) in [4.78, 5) is 0. The number of hydrogen-bond acceptors (Lipinski definition) is 5. The van der Waals surface area contributed by atoms with Crippen molar-refractivity contribution < 1.29 is 15.3 Å². The number of rotatable bonds is 4. The molecule has 74 valence electrons. The molecule has 1 aromatic rings. The van der Waals surface area contributed by atoms with Gasteiger partial charge in [0.25, 0.3) is 0 Å². The van der Waals surface area contributed by atoms with Crippen LogP contribution < -0.4 is 0 Å². The summed E-state index contributed by atoms with van der Waals surface area (Å²) in [5.41, 5.74) is 0.408. The van der Waals surface area contributed by atoms with E-state index in [0.29, 0.717) is 5.69 Å². The molecular weight excluding hydrogens is 192 g/mol. The molecule has 4 N–H and O–H groups in total. The predicted octanol–water partition coefficient (Wildman–Crippen LogP) is -0.482. The van der Waals surface area contributed by atoms with Crippen LogP contribution in [-0.4, -0.2) is 44.5 Å². The van der Waals surface area contributed by atoms with E-state index >= 15 is 0 Å². The molecule has 0 spiro atoms. The van der Waals surface area contributed by atoms with Gasteiger partial charge in [0.2, 0.25) is 0 Å². The summed E-state index contributed by atoms with van der Waals surface area (Å²) in [6.45, 7) is -0.477. The van der Waals surface area contributed by atoms with Gasteiger partial charge in [0.15, 0.2) is 0 Å². The Bertz CT molecular complexity index is 266. The van der Waals surface area contributed by atoms with E-state index < -0.39 is 18.8 Å². The number of aliphatic hydroxyl groups is 3. The van der Waals surface area contributed by atoms with Crippen molar-refractivity contribution in [3.8, 4) is 0 Å². The molecule has 0 bridgehead atoms. The zero-order chi connectivity index (χ0) is 9.84. The molecule has 0 aliphatic heterocycles. The minimum absolute atomic E-state index is 0.408. The van der Waals surface area contributed by atoms with Crippen molar-refractivity contribution in [3.05, 3.63) is 11.8 Å². The lowest BCUT2D eigenvalue weighted by atomic mass is 10.1. The van der Waals surface area contributed by atoms with Gasteiger partial charge >= 0.3 is 0 Å². The van der Waals surface area contributed by atoms with E-state index in [2.05, 4.69) is 10.2 Å². The molecule has 0 radical (unpaired) electrons. The third kappa shape index (κ3) is 2.44. The summed E-state index contributed by atoms with van der Waals surface area (Å²) in [6, 6.07) is 1.63. The van der Waals surface area contributed by atoms with Crippen LogP contribution >= 0.6 is 11.8 Å². The fourth-order valence-corrected chi connectivity index (χ4v) is 1.26. The molecule has 0 aromatic carbocycles. The van der Waals surface area contributed by atoms with Gasteiger partial charge in [-0.2, -0.15) is 5.10 Å². The molecule has 0 aliphatic carbocycles. The summed E-state index contributed by atoms with van der Waals surface area (Å²) in [7, 11) is 0. The molecule has 1 heterocycles. The topological polar surface area (TPSA) is 89.4 Å². The van der Waals surface area contributed by atoms with Gasteiger partial charge in [-0.15, -0.1) is 11.8 Å². The van der Waals surface area contributed by atoms with Crippen molar-refractivity contribution in [2.75, 3.05) is 12.9 Å². The maximum atomic E-state index is 9.41. The molecule has 0 saturated carbocycles. The van der Waals surface area contributed by atoms with Crippen LogP contribution in [0.1, 0.15) is 11.8 Å². The summed E-state index contributed by atoms with van der Waals surface area (Å²) in [6.07, 6.45) is -0.428. The molecule has 0 fully saturated rings. The first-order valence-electron chi connectivity index (χ1n) is 3.75. The molecule has 2 atom stereocenters. The van der Waals surface area contributed by atoms with Crippen molar-refractivity contribution in [1.29, 1.82) is 0 Å². The summed E-state index contributed by atoms with van der Waals surface area (Å²) < 4.78 is 0. The Morgan fingerprint density at radius 1 is 1.62 bits per heavy atom. The van der Waals surface area contributed by atoms with Gasteiger partial charge in [0, 0.05) is 0 Å². The first-order valence-corrected chi connectivity index (χ1v) is 4.97. The van der Waals surface area contributed by atoms with E-state index in [1.807, 2.05) is 6.26 Å². The Kier molecular flexibility index (Phi) is 3.73.